The number of hydrogen-bond donors (Lipinski definition) is 2. The second kappa shape index (κ2) is 9.59. The van der Waals surface area contributed by atoms with Gasteiger partial charge in [-0.3, -0.25) is 14.7 Å². The number of rotatable bonds is 5. The van der Waals surface area contributed by atoms with Gasteiger partial charge in [0.25, 0.3) is 5.91 Å². The monoisotopic (exact) mass is 561 g/mol. The fourth-order valence-corrected chi connectivity index (χ4v) is 5.84. The average Bonchev–Trinajstić information content (AvgIpc) is 3.31. The van der Waals surface area contributed by atoms with Crippen molar-refractivity contribution in [2.75, 3.05) is 13.7 Å². The second-order valence-electron chi connectivity index (χ2n) is 10.6. The summed E-state index contributed by atoms with van der Waals surface area (Å²) < 4.78 is 60.4. The number of imidazole rings is 1. The number of aromatic amines is 1. The maximum absolute atomic E-state index is 14.4. The summed E-state index contributed by atoms with van der Waals surface area (Å²) in [7, 11) is 1.41. The van der Waals surface area contributed by atoms with E-state index in [1.54, 1.807) is 4.90 Å². The van der Waals surface area contributed by atoms with Crippen LogP contribution in [0, 0.1) is 11.7 Å². The van der Waals surface area contributed by atoms with Gasteiger partial charge in [0.2, 0.25) is 11.8 Å². The minimum atomic E-state index is -4.55. The van der Waals surface area contributed by atoms with Gasteiger partial charge in [-0.25, -0.2) is 14.4 Å². The Bertz CT molecular complexity index is 1460. The van der Waals surface area contributed by atoms with E-state index in [1.165, 1.54) is 23.8 Å². The van der Waals surface area contributed by atoms with Gasteiger partial charge in [0.05, 0.1) is 25.0 Å². The third-order valence-corrected chi connectivity index (χ3v) is 8.08. The Morgan fingerprint density at radius 1 is 1.20 bits per heavy atom. The van der Waals surface area contributed by atoms with Crippen molar-refractivity contribution in [2.24, 2.45) is 5.92 Å². The highest BCUT2D eigenvalue weighted by Gasteiger charge is 2.55. The molecule has 0 bridgehead atoms. The maximum atomic E-state index is 14.4. The number of nitrogens with zero attached hydrogens (tertiary/aromatic N) is 5. The number of methoxy groups -OCH3 is 1. The Morgan fingerprint density at radius 2 is 2.00 bits per heavy atom. The molecule has 212 valence electrons. The van der Waals surface area contributed by atoms with Crippen LogP contribution in [0.3, 0.4) is 0 Å². The zero-order valence-corrected chi connectivity index (χ0v) is 21.6. The number of carbonyl (C=O) groups excluding carboxylic acids is 2. The molecule has 2 N–H and O–H groups in total. The number of carbonyl (C=O) groups is 2. The van der Waals surface area contributed by atoms with Crippen molar-refractivity contribution < 1.29 is 31.9 Å². The number of ether oxygens (including phenoxy) is 1. The summed E-state index contributed by atoms with van der Waals surface area (Å²) in [6.07, 6.45) is 0.949. The molecular weight excluding hydrogens is 534 g/mol. The molecular formula is C26H27F4N7O3. The van der Waals surface area contributed by atoms with Crippen LogP contribution in [0.2, 0.25) is 0 Å². The maximum Gasteiger partial charge on any atom is 0.434 e. The van der Waals surface area contributed by atoms with Crippen molar-refractivity contribution in [3.63, 3.8) is 0 Å². The van der Waals surface area contributed by atoms with Crippen LogP contribution in [0.1, 0.15) is 66.6 Å². The molecule has 0 radical (unpaired) electrons. The summed E-state index contributed by atoms with van der Waals surface area (Å²) in [6, 6.07) is 2.28. The minimum absolute atomic E-state index is 0.143. The highest BCUT2D eigenvalue weighted by Crippen LogP contribution is 2.50. The van der Waals surface area contributed by atoms with E-state index in [4.69, 9.17) is 4.74 Å². The Hall–Kier alpha value is -3.97. The third kappa shape index (κ3) is 4.68. The molecule has 1 spiro atoms. The molecule has 5 heterocycles. The lowest BCUT2D eigenvalue weighted by atomic mass is 9.87. The van der Waals surface area contributed by atoms with Crippen molar-refractivity contribution in [3.8, 4) is 17.1 Å². The third-order valence-electron chi connectivity index (χ3n) is 8.08. The molecule has 1 saturated carbocycles. The van der Waals surface area contributed by atoms with Crippen LogP contribution in [0.25, 0.3) is 11.3 Å². The van der Waals surface area contributed by atoms with Crippen LogP contribution in [-0.4, -0.2) is 60.6 Å². The van der Waals surface area contributed by atoms with Gasteiger partial charge in [0.15, 0.2) is 11.5 Å². The van der Waals surface area contributed by atoms with Crippen molar-refractivity contribution >= 4 is 11.8 Å². The van der Waals surface area contributed by atoms with E-state index in [2.05, 4.69) is 25.5 Å². The van der Waals surface area contributed by atoms with Crippen LogP contribution in [0.4, 0.5) is 17.6 Å². The molecule has 2 amide bonds. The van der Waals surface area contributed by atoms with Gasteiger partial charge in [-0.05, 0) is 44.6 Å². The second-order valence-corrected chi connectivity index (χ2v) is 10.6. The first kappa shape index (κ1) is 26.3. The number of halogens is 4. The van der Waals surface area contributed by atoms with E-state index in [-0.39, 0.29) is 46.4 Å². The lowest BCUT2D eigenvalue weighted by Crippen LogP contribution is -2.51. The van der Waals surface area contributed by atoms with Crippen LogP contribution in [0.15, 0.2) is 24.5 Å². The Labute approximate surface area is 226 Å². The SMILES string of the molecule is COc1cc(-c2cc(C(=O)N3CCC(C(=O)NC4CCCn5cc(C(F)(F)F)nc54)CC34CC4)[nH]n2)c(F)cn1. The first-order valence-corrected chi connectivity index (χ1v) is 13.1. The largest absolute Gasteiger partial charge is 0.481 e. The van der Waals surface area contributed by atoms with Gasteiger partial charge in [-0.1, -0.05) is 0 Å². The number of aryl methyl sites for hydroxylation is 1. The Kier molecular flexibility index (Phi) is 6.30. The van der Waals surface area contributed by atoms with E-state index < -0.39 is 29.3 Å². The van der Waals surface area contributed by atoms with Gasteiger partial charge >= 0.3 is 6.18 Å². The molecule has 2 aliphatic heterocycles. The van der Waals surface area contributed by atoms with Crippen molar-refractivity contribution in [2.45, 2.75) is 62.8 Å². The number of fused-ring (bicyclic) bond motifs is 1. The molecule has 0 aromatic carbocycles. The molecule has 10 nitrogen and oxygen atoms in total. The van der Waals surface area contributed by atoms with E-state index in [0.29, 0.717) is 38.8 Å². The van der Waals surface area contributed by atoms with Gasteiger partial charge in [-0.15, -0.1) is 0 Å². The number of piperidine rings is 1. The predicted molar refractivity (Wildman–Crippen MR) is 131 cm³/mol. The Morgan fingerprint density at radius 3 is 2.73 bits per heavy atom. The zero-order valence-electron chi connectivity index (χ0n) is 21.6. The smallest absolute Gasteiger partial charge is 0.434 e. The number of H-pyrrole nitrogens is 1. The van der Waals surface area contributed by atoms with E-state index >= 15 is 0 Å². The van der Waals surface area contributed by atoms with Gasteiger partial charge < -0.3 is 19.5 Å². The fraction of sp³-hybridized carbons (Fsp3) is 0.500. The number of aromatic nitrogens is 5. The summed E-state index contributed by atoms with van der Waals surface area (Å²) in [6.45, 7) is 0.755. The molecule has 14 heteroatoms. The first-order chi connectivity index (χ1) is 19.1. The van der Waals surface area contributed by atoms with Crippen molar-refractivity contribution in [1.29, 1.82) is 0 Å². The highest BCUT2D eigenvalue weighted by molar-refractivity contribution is 5.94. The van der Waals surface area contributed by atoms with Crippen LogP contribution >= 0.6 is 0 Å². The topological polar surface area (TPSA) is 118 Å². The molecule has 1 aliphatic carbocycles. The van der Waals surface area contributed by atoms with E-state index in [0.717, 1.165) is 25.2 Å². The molecule has 3 aromatic rings. The van der Waals surface area contributed by atoms with E-state index in [1.807, 2.05) is 0 Å². The number of alkyl halides is 3. The normalized spacial score (nSPS) is 21.7. The number of pyridine rings is 1. The summed E-state index contributed by atoms with van der Waals surface area (Å²) in [5.74, 6) is -1.08. The summed E-state index contributed by atoms with van der Waals surface area (Å²) in [5, 5.41) is 9.74. The van der Waals surface area contributed by atoms with Crippen LogP contribution in [0.5, 0.6) is 5.88 Å². The van der Waals surface area contributed by atoms with E-state index in [9.17, 15) is 27.2 Å². The molecule has 6 rings (SSSR count). The van der Waals surface area contributed by atoms with Crippen molar-refractivity contribution in [1.82, 2.24) is 34.9 Å². The van der Waals surface area contributed by atoms with Crippen LogP contribution in [-0.2, 0) is 17.5 Å². The Balaban J connectivity index is 1.13. The lowest BCUT2D eigenvalue weighted by molar-refractivity contribution is -0.141. The molecule has 1 saturated heterocycles. The molecule has 3 aromatic heterocycles. The summed E-state index contributed by atoms with van der Waals surface area (Å²) in [5.41, 5.74) is -0.846. The first-order valence-electron chi connectivity index (χ1n) is 13.1. The zero-order chi connectivity index (χ0) is 28.2. The standard InChI is InChI=1S/C26H27F4N7O3/c1-40-21-9-15(16(27)12-31-21)18-10-19(35-34-18)24(39)37-8-4-14(11-25(37)5-6-25)23(38)32-17-3-2-7-36-13-20(26(28,29)30)33-22(17)36/h9-10,12-14,17H,2-8,11H2,1H3,(H,32,38)(H,34,35). The predicted octanol–water partition coefficient (Wildman–Crippen LogP) is 3.87. The molecule has 2 fully saturated rings. The minimum Gasteiger partial charge on any atom is -0.481 e. The number of likely N-dealkylation sites (tertiary alicyclic amines) is 1. The van der Waals surface area contributed by atoms with Gasteiger partial charge in [0, 0.05) is 42.4 Å². The highest BCUT2D eigenvalue weighted by atomic mass is 19.4. The summed E-state index contributed by atoms with van der Waals surface area (Å²) >= 11 is 0. The van der Waals surface area contributed by atoms with Gasteiger partial charge in [-0.2, -0.15) is 18.3 Å². The fourth-order valence-electron chi connectivity index (χ4n) is 5.84. The lowest BCUT2D eigenvalue weighted by Gasteiger charge is -2.40. The number of hydrogen-bond acceptors (Lipinski definition) is 6. The molecule has 40 heavy (non-hydrogen) atoms. The average molecular weight is 562 g/mol. The number of amides is 2. The molecule has 2 unspecified atom stereocenters. The quantitative estimate of drug-likeness (QED) is 0.457. The van der Waals surface area contributed by atoms with Crippen molar-refractivity contribution in [3.05, 3.63) is 47.6 Å². The van der Waals surface area contributed by atoms with Gasteiger partial charge in [0.1, 0.15) is 11.5 Å². The number of nitrogens with one attached hydrogen (secondary N) is 2. The molecule has 3 aliphatic rings. The summed E-state index contributed by atoms with van der Waals surface area (Å²) in [4.78, 5) is 36.0. The van der Waals surface area contributed by atoms with Crippen LogP contribution < -0.4 is 10.1 Å². The molecule has 2 atom stereocenters.